The molecule has 0 atom stereocenters. The number of ether oxygens (including phenoxy) is 1. The lowest BCUT2D eigenvalue weighted by Crippen LogP contribution is -2.07. The van der Waals surface area contributed by atoms with Crippen molar-refractivity contribution in [3.05, 3.63) is 45.4 Å². The van der Waals surface area contributed by atoms with Crippen LogP contribution >= 0.6 is 15.9 Å². The van der Waals surface area contributed by atoms with Gasteiger partial charge in [-0.1, -0.05) is 0 Å². The molecule has 1 aromatic carbocycles. The average molecular weight is 327 g/mol. The van der Waals surface area contributed by atoms with Crippen molar-refractivity contribution in [1.29, 1.82) is 0 Å². The highest BCUT2D eigenvalue weighted by Crippen LogP contribution is 2.24. The van der Waals surface area contributed by atoms with E-state index >= 15 is 0 Å². The van der Waals surface area contributed by atoms with Crippen LogP contribution < -0.4 is 4.74 Å². The number of halogens is 2. The maximum atomic E-state index is 13.0. The summed E-state index contributed by atoms with van der Waals surface area (Å²) < 4.78 is 21.6. The highest BCUT2D eigenvalue weighted by Gasteiger charge is 2.13. The average Bonchev–Trinajstić information content (AvgIpc) is 2.65. The minimum absolute atomic E-state index is 0.250. The van der Waals surface area contributed by atoms with Gasteiger partial charge in [0.15, 0.2) is 0 Å². The number of rotatable bonds is 4. The number of nitrogens with zero attached hydrogens (tertiary/aromatic N) is 2. The van der Waals surface area contributed by atoms with Gasteiger partial charge >= 0.3 is 0 Å². The van der Waals surface area contributed by atoms with Crippen LogP contribution in [0.3, 0.4) is 0 Å². The third-order valence-corrected chi connectivity index (χ3v) is 3.99. The van der Waals surface area contributed by atoms with Crippen LogP contribution in [0.25, 0.3) is 0 Å². The molecule has 1 aromatic heterocycles. The Balaban J connectivity index is 2.18. The molecule has 2 aromatic rings. The lowest BCUT2D eigenvalue weighted by Gasteiger charge is -2.10. The molecule has 0 aliphatic carbocycles. The zero-order valence-electron chi connectivity index (χ0n) is 11.2. The van der Waals surface area contributed by atoms with Gasteiger partial charge in [-0.15, -0.1) is 0 Å². The third kappa shape index (κ3) is 2.97. The molecule has 2 rings (SSSR count). The van der Waals surface area contributed by atoms with Crippen LogP contribution in [0.4, 0.5) is 4.39 Å². The van der Waals surface area contributed by atoms with Crippen LogP contribution in [0.2, 0.25) is 0 Å². The van der Waals surface area contributed by atoms with Gasteiger partial charge in [0, 0.05) is 6.54 Å². The number of hydrogen-bond acceptors (Lipinski definition) is 2. The molecular formula is C14H16BrFN2O. The second-order valence-electron chi connectivity index (χ2n) is 4.36. The van der Waals surface area contributed by atoms with E-state index < -0.39 is 0 Å². The standard InChI is InChI=1S/C14H16BrFN2O/c1-4-18-12(14(15)10(3)17-18)8-19-13-6-5-11(16)7-9(13)2/h5-7H,4,8H2,1-3H3. The van der Waals surface area contributed by atoms with Gasteiger partial charge in [0.05, 0.1) is 15.9 Å². The summed E-state index contributed by atoms with van der Waals surface area (Å²) in [7, 11) is 0. The Kier molecular flexibility index (Phi) is 4.24. The molecule has 0 aliphatic heterocycles. The number of hydrogen-bond donors (Lipinski definition) is 0. The largest absolute Gasteiger partial charge is 0.487 e. The van der Waals surface area contributed by atoms with Gasteiger partial charge < -0.3 is 4.74 Å². The van der Waals surface area contributed by atoms with Gasteiger partial charge in [-0.3, -0.25) is 4.68 Å². The Bertz CT molecular complexity index is 595. The van der Waals surface area contributed by atoms with Crippen molar-refractivity contribution in [1.82, 2.24) is 9.78 Å². The van der Waals surface area contributed by atoms with Gasteiger partial charge in [-0.25, -0.2) is 4.39 Å². The summed E-state index contributed by atoms with van der Waals surface area (Å²) in [6.07, 6.45) is 0. The Morgan fingerprint density at radius 2 is 2.11 bits per heavy atom. The summed E-state index contributed by atoms with van der Waals surface area (Å²) in [5.41, 5.74) is 2.72. The molecule has 0 spiro atoms. The first-order valence-corrected chi connectivity index (χ1v) is 6.93. The fraction of sp³-hybridized carbons (Fsp3) is 0.357. The van der Waals surface area contributed by atoms with Crippen molar-refractivity contribution in [2.75, 3.05) is 0 Å². The molecular weight excluding hydrogens is 311 g/mol. The molecule has 0 unspecified atom stereocenters. The lowest BCUT2D eigenvalue weighted by atomic mass is 10.2. The van der Waals surface area contributed by atoms with Crippen LogP contribution in [0.5, 0.6) is 5.75 Å². The van der Waals surface area contributed by atoms with E-state index in [4.69, 9.17) is 4.74 Å². The van der Waals surface area contributed by atoms with Gasteiger partial charge in [0.25, 0.3) is 0 Å². The molecule has 0 amide bonds. The zero-order valence-corrected chi connectivity index (χ0v) is 12.8. The zero-order chi connectivity index (χ0) is 14.0. The quantitative estimate of drug-likeness (QED) is 0.849. The van der Waals surface area contributed by atoms with Gasteiger partial charge in [-0.2, -0.15) is 5.10 Å². The molecule has 0 fully saturated rings. The molecule has 0 radical (unpaired) electrons. The van der Waals surface area contributed by atoms with Crippen molar-refractivity contribution in [2.24, 2.45) is 0 Å². The van der Waals surface area contributed by atoms with Crippen molar-refractivity contribution in [3.8, 4) is 5.75 Å². The maximum Gasteiger partial charge on any atom is 0.131 e. The molecule has 0 saturated carbocycles. The topological polar surface area (TPSA) is 27.1 Å². The predicted octanol–water partition coefficient (Wildman–Crippen LogP) is 4.00. The van der Waals surface area contributed by atoms with E-state index in [0.29, 0.717) is 12.4 Å². The van der Waals surface area contributed by atoms with Crippen LogP contribution in [0.15, 0.2) is 22.7 Å². The maximum absolute atomic E-state index is 13.0. The van der Waals surface area contributed by atoms with E-state index in [1.807, 2.05) is 25.5 Å². The third-order valence-electron chi connectivity index (χ3n) is 2.95. The molecule has 102 valence electrons. The fourth-order valence-corrected chi connectivity index (χ4v) is 2.33. The summed E-state index contributed by atoms with van der Waals surface area (Å²) in [5.74, 6) is 0.440. The molecule has 0 saturated heterocycles. The normalized spacial score (nSPS) is 10.8. The van der Waals surface area contributed by atoms with Crippen molar-refractivity contribution < 1.29 is 9.13 Å². The molecule has 0 bridgehead atoms. The SMILES string of the molecule is CCn1nc(C)c(Br)c1COc1ccc(F)cc1C. The second kappa shape index (κ2) is 5.74. The van der Waals surface area contributed by atoms with E-state index in [2.05, 4.69) is 21.0 Å². The van der Waals surface area contributed by atoms with Crippen LogP contribution in [-0.2, 0) is 13.2 Å². The van der Waals surface area contributed by atoms with E-state index in [1.165, 1.54) is 12.1 Å². The molecule has 19 heavy (non-hydrogen) atoms. The Hall–Kier alpha value is -1.36. The summed E-state index contributed by atoms with van der Waals surface area (Å²) in [6, 6.07) is 4.52. The monoisotopic (exact) mass is 326 g/mol. The first kappa shape index (κ1) is 14.1. The molecule has 0 aliphatic rings. The van der Waals surface area contributed by atoms with Gasteiger partial charge in [0.1, 0.15) is 18.2 Å². The van der Waals surface area contributed by atoms with E-state index in [-0.39, 0.29) is 5.82 Å². The van der Waals surface area contributed by atoms with Crippen molar-refractivity contribution in [3.63, 3.8) is 0 Å². The van der Waals surface area contributed by atoms with Crippen molar-refractivity contribution >= 4 is 15.9 Å². The Labute approximate surface area is 120 Å². The summed E-state index contributed by atoms with van der Waals surface area (Å²) in [4.78, 5) is 0. The fourth-order valence-electron chi connectivity index (χ4n) is 1.93. The summed E-state index contributed by atoms with van der Waals surface area (Å²) in [5, 5.41) is 4.41. The van der Waals surface area contributed by atoms with Gasteiger partial charge in [-0.05, 0) is 60.5 Å². The number of aromatic nitrogens is 2. The van der Waals surface area contributed by atoms with E-state index in [1.54, 1.807) is 6.07 Å². The van der Waals surface area contributed by atoms with E-state index in [0.717, 1.165) is 28.0 Å². The molecule has 0 N–H and O–H groups in total. The summed E-state index contributed by atoms with van der Waals surface area (Å²) in [6.45, 7) is 7.00. The van der Waals surface area contributed by atoms with Crippen molar-refractivity contribution in [2.45, 2.75) is 33.9 Å². The molecule has 1 heterocycles. The molecule has 5 heteroatoms. The Morgan fingerprint density at radius 1 is 1.37 bits per heavy atom. The van der Waals surface area contributed by atoms with E-state index in [9.17, 15) is 4.39 Å². The molecule has 3 nitrogen and oxygen atoms in total. The second-order valence-corrected chi connectivity index (χ2v) is 5.15. The minimum atomic E-state index is -0.250. The van der Waals surface area contributed by atoms with Crippen LogP contribution in [0, 0.1) is 19.7 Å². The first-order chi connectivity index (χ1) is 9.02. The van der Waals surface area contributed by atoms with Crippen LogP contribution in [0.1, 0.15) is 23.9 Å². The van der Waals surface area contributed by atoms with Gasteiger partial charge in [0.2, 0.25) is 0 Å². The highest BCUT2D eigenvalue weighted by molar-refractivity contribution is 9.10. The number of aryl methyl sites for hydroxylation is 3. The Morgan fingerprint density at radius 3 is 2.74 bits per heavy atom. The lowest BCUT2D eigenvalue weighted by molar-refractivity contribution is 0.289. The van der Waals surface area contributed by atoms with Crippen LogP contribution in [-0.4, -0.2) is 9.78 Å². The summed E-state index contributed by atoms with van der Waals surface area (Å²) >= 11 is 3.52. The highest BCUT2D eigenvalue weighted by atomic mass is 79.9. The number of benzene rings is 1. The first-order valence-electron chi connectivity index (χ1n) is 6.13. The minimum Gasteiger partial charge on any atom is -0.487 e. The predicted molar refractivity (Wildman–Crippen MR) is 75.8 cm³/mol. The smallest absolute Gasteiger partial charge is 0.131 e.